The lowest BCUT2D eigenvalue weighted by molar-refractivity contribution is 0.221. The molecule has 102 valence electrons. The molecule has 0 aliphatic carbocycles. The monoisotopic (exact) mass is 240 g/mol. The van der Waals surface area contributed by atoms with E-state index in [1.807, 2.05) is 0 Å². The van der Waals surface area contributed by atoms with Gasteiger partial charge in [0.15, 0.2) is 0 Å². The lowest BCUT2D eigenvalue weighted by Gasteiger charge is -2.34. The van der Waals surface area contributed by atoms with Crippen LogP contribution in [0.2, 0.25) is 0 Å². The van der Waals surface area contributed by atoms with E-state index < -0.39 is 0 Å². The molecular weight excluding hydrogens is 208 g/mol. The zero-order chi connectivity index (χ0) is 12.6. The zero-order valence-electron chi connectivity index (χ0n) is 12.1. The van der Waals surface area contributed by atoms with E-state index in [0.29, 0.717) is 5.41 Å². The minimum atomic E-state index is 0.487. The molecule has 1 aliphatic heterocycles. The van der Waals surface area contributed by atoms with E-state index in [4.69, 9.17) is 0 Å². The summed E-state index contributed by atoms with van der Waals surface area (Å²) >= 11 is 0. The highest BCUT2D eigenvalue weighted by molar-refractivity contribution is 4.83. The largest absolute Gasteiger partial charge is 0.316 e. The van der Waals surface area contributed by atoms with Crippen LogP contribution >= 0.6 is 0 Å². The van der Waals surface area contributed by atoms with Crippen LogP contribution in [0.1, 0.15) is 59.3 Å². The topological polar surface area (TPSA) is 24.1 Å². The maximum Gasteiger partial charge on any atom is 0.00174 e. The van der Waals surface area contributed by atoms with Crippen molar-refractivity contribution in [2.45, 2.75) is 59.3 Å². The van der Waals surface area contributed by atoms with Gasteiger partial charge in [0, 0.05) is 13.1 Å². The summed E-state index contributed by atoms with van der Waals surface area (Å²) in [5, 5.41) is 7.24. The summed E-state index contributed by atoms with van der Waals surface area (Å²) in [4.78, 5) is 0. The van der Waals surface area contributed by atoms with Crippen molar-refractivity contribution in [3.8, 4) is 0 Å². The normalized spacial score (nSPS) is 27.0. The van der Waals surface area contributed by atoms with E-state index >= 15 is 0 Å². The van der Waals surface area contributed by atoms with Gasteiger partial charge in [-0.25, -0.2) is 0 Å². The average Bonchev–Trinajstić information content (AvgIpc) is 2.34. The molecule has 1 aliphatic rings. The van der Waals surface area contributed by atoms with Gasteiger partial charge in [0.25, 0.3) is 0 Å². The number of hydrogen-bond acceptors (Lipinski definition) is 2. The maximum absolute atomic E-state index is 3.72. The number of hydrogen-bond donors (Lipinski definition) is 2. The molecule has 0 aromatic rings. The maximum atomic E-state index is 3.72. The Kier molecular flexibility index (Phi) is 7.14. The molecular formula is C15H32N2. The van der Waals surface area contributed by atoms with Gasteiger partial charge in [-0.2, -0.15) is 0 Å². The van der Waals surface area contributed by atoms with Crippen LogP contribution in [0.25, 0.3) is 0 Å². The Bertz CT molecular complexity index is 185. The zero-order valence-corrected chi connectivity index (χ0v) is 12.1. The van der Waals surface area contributed by atoms with Crippen molar-refractivity contribution in [3.63, 3.8) is 0 Å². The molecule has 0 amide bonds. The molecule has 0 radical (unpaired) electrons. The molecule has 1 rings (SSSR count). The fourth-order valence-corrected chi connectivity index (χ4v) is 2.79. The van der Waals surface area contributed by atoms with E-state index in [9.17, 15) is 0 Å². The summed E-state index contributed by atoms with van der Waals surface area (Å²) in [5.41, 5.74) is 0.487. The standard InChI is InChI=1S/C15H32N2/c1-4-6-8-14(5-2)11-17-13-15(3)9-7-10-16-12-15/h14,16-17H,4-13H2,1-3H3. The van der Waals surface area contributed by atoms with Crippen LogP contribution in [0.15, 0.2) is 0 Å². The second-order valence-electron chi connectivity index (χ2n) is 6.14. The quantitative estimate of drug-likeness (QED) is 0.681. The van der Waals surface area contributed by atoms with Gasteiger partial charge in [-0.1, -0.05) is 40.0 Å². The van der Waals surface area contributed by atoms with Gasteiger partial charge < -0.3 is 10.6 Å². The third kappa shape index (κ3) is 5.87. The summed E-state index contributed by atoms with van der Waals surface area (Å²) in [5.74, 6) is 0.884. The molecule has 0 aromatic heterocycles. The molecule has 1 saturated heterocycles. The number of unbranched alkanes of at least 4 members (excludes halogenated alkanes) is 1. The SMILES string of the molecule is CCCCC(CC)CNCC1(C)CCCNC1. The van der Waals surface area contributed by atoms with Crippen molar-refractivity contribution in [1.82, 2.24) is 10.6 Å². The molecule has 0 saturated carbocycles. The van der Waals surface area contributed by atoms with Gasteiger partial charge in [0.05, 0.1) is 0 Å². The highest BCUT2D eigenvalue weighted by Gasteiger charge is 2.26. The third-order valence-electron chi connectivity index (χ3n) is 4.21. The van der Waals surface area contributed by atoms with Gasteiger partial charge in [0.1, 0.15) is 0 Å². The van der Waals surface area contributed by atoms with Gasteiger partial charge >= 0.3 is 0 Å². The Morgan fingerprint density at radius 3 is 2.76 bits per heavy atom. The molecule has 17 heavy (non-hydrogen) atoms. The van der Waals surface area contributed by atoms with Crippen molar-refractivity contribution in [1.29, 1.82) is 0 Å². The molecule has 2 N–H and O–H groups in total. The molecule has 1 fully saturated rings. The van der Waals surface area contributed by atoms with Crippen LogP contribution in [0.5, 0.6) is 0 Å². The average molecular weight is 240 g/mol. The van der Waals surface area contributed by atoms with E-state index in [1.165, 1.54) is 64.7 Å². The predicted octanol–water partition coefficient (Wildman–Crippen LogP) is 3.18. The van der Waals surface area contributed by atoms with E-state index in [-0.39, 0.29) is 0 Å². The Hall–Kier alpha value is -0.0800. The molecule has 2 nitrogen and oxygen atoms in total. The van der Waals surface area contributed by atoms with E-state index in [0.717, 1.165) is 5.92 Å². The van der Waals surface area contributed by atoms with Crippen molar-refractivity contribution < 1.29 is 0 Å². The minimum Gasteiger partial charge on any atom is -0.316 e. The smallest absolute Gasteiger partial charge is 0.00174 e. The summed E-state index contributed by atoms with van der Waals surface area (Å²) < 4.78 is 0. The highest BCUT2D eigenvalue weighted by Crippen LogP contribution is 2.24. The summed E-state index contributed by atoms with van der Waals surface area (Å²) in [6.45, 7) is 11.8. The predicted molar refractivity (Wildman–Crippen MR) is 76.4 cm³/mol. The van der Waals surface area contributed by atoms with Crippen LogP contribution in [0, 0.1) is 11.3 Å². The first-order chi connectivity index (χ1) is 8.20. The fourth-order valence-electron chi connectivity index (χ4n) is 2.79. The van der Waals surface area contributed by atoms with Gasteiger partial charge in [0.2, 0.25) is 0 Å². The van der Waals surface area contributed by atoms with Crippen LogP contribution in [-0.4, -0.2) is 26.2 Å². The van der Waals surface area contributed by atoms with Crippen molar-refractivity contribution in [2.24, 2.45) is 11.3 Å². The molecule has 0 aromatic carbocycles. The first-order valence-electron chi connectivity index (χ1n) is 7.61. The van der Waals surface area contributed by atoms with Crippen LogP contribution in [0.4, 0.5) is 0 Å². The van der Waals surface area contributed by atoms with E-state index in [2.05, 4.69) is 31.4 Å². The van der Waals surface area contributed by atoms with Gasteiger partial charge in [-0.05, 0) is 43.7 Å². The van der Waals surface area contributed by atoms with Gasteiger partial charge in [-0.15, -0.1) is 0 Å². The highest BCUT2D eigenvalue weighted by atomic mass is 14.9. The summed E-state index contributed by atoms with van der Waals surface area (Å²) in [7, 11) is 0. The van der Waals surface area contributed by atoms with Crippen molar-refractivity contribution in [3.05, 3.63) is 0 Å². The lowest BCUT2D eigenvalue weighted by atomic mass is 9.82. The fraction of sp³-hybridized carbons (Fsp3) is 1.00. The van der Waals surface area contributed by atoms with Gasteiger partial charge in [-0.3, -0.25) is 0 Å². The third-order valence-corrected chi connectivity index (χ3v) is 4.21. The second-order valence-corrected chi connectivity index (χ2v) is 6.14. The summed E-state index contributed by atoms with van der Waals surface area (Å²) in [6, 6.07) is 0. The first kappa shape index (κ1) is 15.0. The number of rotatable bonds is 8. The lowest BCUT2D eigenvalue weighted by Crippen LogP contribution is -2.45. The summed E-state index contributed by atoms with van der Waals surface area (Å²) in [6.07, 6.45) is 8.15. The number of piperidine rings is 1. The second kappa shape index (κ2) is 8.10. The first-order valence-corrected chi connectivity index (χ1v) is 7.61. The van der Waals surface area contributed by atoms with Crippen molar-refractivity contribution >= 4 is 0 Å². The Labute approximate surface area is 108 Å². The Morgan fingerprint density at radius 2 is 2.18 bits per heavy atom. The Balaban J connectivity index is 2.16. The molecule has 2 atom stereocenters. The molecule has 0 bridgehead atoms. The number of nitrogens with one attached hydrogen (secondary N) is 2. The Morgan fingerprint density at radius 1 is 1.35 bits per heavy atom. The van der Waals surface area contributed by atoms with Crippen molar-refractivity contribution in [2.75, 3.05) is 26.2 Å². The molecule has 0 spiro atoms. The van der Waals surface area contributed by atoms with E-state index in [1.54, 1.807) is 0 Å². The van der Waals surface area contributed by atoms with Crippen LogP contribution in [-0.2, 0) is 0 Å². The van der Waals surface area contributed by atoms with Crippen LogP contribution < -0.4 is 10.6 Å². The molecule has 1 heterocycles. The minimum absolute atomic E-state index is 0.487. The molecule has 2 unspecified atom stereocenters. The van der Waals surface area contributed by atoms with Crippen LogP contribution in [0.3, 0.4) is 0 Å². The molecule has 2 heteroatoms.